The van der Waals surface area contributed by atoms with Gasteiger partial charge in [0.15, 0.2) is 0 Å². The summed E-state index contributed by atoms with van der Waals surface area (Å²) in [5, 5.41) is 0. The Bertz CT molecular complexity index is 118. The van der Waals surface area contributed by atoms with Crippen LogP contribution in [0.2, 0.25) is 0 Å². The first-order chi connectivity index (χ1) is 4.89. The van der Waals surface area contributed by atoms with E-state index in [2.05, 4.69) is 25.2 Å². The van der Waals surface area contributed by atoms with Gasteiger partial charge in [-0.15, -0.1) is 0 Å². The summed E-state index contributed by atoms with van der Waals surface area (Å²) in [4.78, 5) is 0. The lowest BCUT2D eigenvalue weighted by Gasteiger charge is -1.84. The van der Waals surface area contributed by atoms with Gasteiger partial charge in [0, 0.05) is 0 Å². The highest BCUT2D eigenvalue weighted by Gasteiger charge is 1.87. The lowest BCUT2D eigenvalue weighted by atomic mass is 10.2. The predicted octanol–water partition coefficient (Wildman–Crippen LogP) is 3.70. The van der Waals surface area contributed by atoms with Crippen LogP contribution in [0.15, 0.2) is 23.8 Å². The molecule has 0 N–H and O–H groups in total. The SMILES string of the molecule is CC.CC1=CCCCC=C1. The fourth-order valence-corrected chi connectivity index (χ4v) is 0.903. The molecule has 0 spiro atoms. The Labute approximate surface area is 64.6 Å². The zero-order valence-corrected chi connectivity index (χ0v) is 7.35. The summed E-state index contributed by atoms with van der Waals surface area (Å²) in [5.41, 5.74) is 1.42. The molecule has 0 unspecified atom stereocenters. The topological polar surface area (TPSA) is 0 Å². The van der Waals surface area contributed by atoms with Gasteiger partial charge >= 0.3 is 0 Å². The van der Waals surface area contributed by atoms with E-state index in [1.165, 1.54) is 24.8 Å². The number of rotatable bonds is 0. The Balaban J connectivity index is 0.000000371. The molecule has 0 aromatic carbocycles. The molecule has 58 valence electrons. The monoisotopic (exact) mass is 138 g/mol. The molecule has 0 saturated heterocycles. The molecule has 0 bridgehead atoms. The number of hydrogen-bond acceptors (Lipinski definition) is 0. The van der Waals surface area contributed by atoms with Crippen molar-refractivity contribution in [2.75, 3.05) is 0 Å². The van der Waals surface area contributed by atoms with Crippen LogP contribution >= 0.6 is 0 Å². The van der Waals surface area contributed by atoms with Crippen molar-refractivity contribution in [2.45, 2.75) is 40.0 Å². The van der Waals surface area contributed by atoms with Gasteiger partial charge in [-0.1, -0.05) is 37.6 Å². The third kappa shape index (κ3) is 4.37. The summed E-state index contributed by atoms with van der Waals surface area (Å²) in [5.74, 6) is 0. The summed E-state index contributed by atoms with van der Waals surface area (Å²) in [6.45, 7) is 6.15. The van der Waals surface area contributed by atoms with Crippen molar-refractivity contribution < 1.29 is 0 Å². The summed E-state index contributed by atoms with van der Waals surface area (Å²) >= 11 is 0. The maximum atomic E-state index is 2.30. The van der Waals surface area contributed by atoms with Crippen LogP contribution in [0.3, 0.4) is 0 Å². The molecular formula is C10H18. The third-order valence-electron chi connectivity index (χ3n) is 1.42. The quantitative estimate of drug-likeness (QED) is 0.479. The molecule has 0 saturated carbocycles. The van der Waals surface area contributed by atoms with E-state index in [4.69, 9.17) is 0 Å². The second-order valence-corrected chi connectivity index (χ2v) is 2.28. The van der Waals surface area contributed by atoms with Gasteiger partial charge in [-0.2, -0.15) is 0 Å². The smallest absolute Gasteiger partial charge is 0.0342 e. The van der Waals surface area contributed by atoms with Gasteiger partial charge in [-0.3, -0.25) is 0 Å². The molecule has 10 heavy (non-hydrogen) atoms. The molecule has 1 aliphatic carbocycles. The van der Waals surface area contributed by atoms with Gasteiger partial charge in [0.05, 0.1) is 0 Å². The van der Waals surface area contributed by atoms with Gasteiger partial charge in [-0.25, -0.2) is 0 Å². The van der Waals surface area contributed by atoms with E-state index >= 15 is 0 Å². The van der Waals surface area contributed by atoms with Crippen LogP contribution < -0.4 is 0 Å². The second-order valence-electron chi connectivity index (χ2n) is 2.28. The van der Waals surface area contributed by atoms with Crippen LogP contribution in [0.4, 0.5) is 0 Å². The van der Waals surface area contributed by atoms with Crippen LogP contribution in [0.5, 0.6) is 0 Å². The second kappa shape index (κ2) is 6.60. The van der Waals surface area contributed by atoms with E-state index in [9.17, 15) is 0 Å². The maximum absolute atomic E-state index is 2.30. The fraction of sp³-hybridized carbons (Fsp3) is 0.600. The minimum atomic E-state index is 1.26. The lowest BCUT2D eigenvalue weighted by Crippen LogP contribution is -1.64. The Morgan fingerprint density at radius 2 is 1.90 bits per heavy atom. The van der Waals surface area contributed by atoms with E-state index in [1.54, 1.807) is 0 Å². The Kier molecular flexibility index (Phi) is 6.25. The zero-order chi connectivity index (χ0) is 7.82. The molecule has 0 radical (unpaired) electrons. The van der Waals surface area contributed by atoms with E-state index in [0.29, 0.717) is 0 Å². The van der Waals surface area contributed by atoms with Crippen LogP contribution in [0.25, 0.3) is 0 Å². The molecule has 1 aliphatic rings. The molecule has 0 heteroatoms. The van der Waals surface area contributed by atoms with Gasteiger partial charge < -0.3 is 0 Å². The molecule has 0 heterocycles. The van der Waals surface area contributed by atoms with Crippen LogP contribution in [0.1, 0.15) is 40.0 Å². The van der Waals surface area contributed by atoms with Crippen molar-refractivity contribution in [1.82, 2.24) is 0 Å². The van der Waals surface area contributed by atoms with Crippen molar-refractivity contribution in [3.63, 3.8) is 0 Å². The minimum absolute atomic E-state index is 1.26. The fourth-order valence-electron chi connectivity index (χ4n) is 0.903. The van der Waals surface area contributed by atoms with Crippen molar-refractivity contribution in [3.05, 3.63) is 23.8 Å². The van der Waals surface area contributed by atoms with Gasteiger partial charge in [0.25, 0.3) is 0 Å². The largest absolute Gasteiger partial charge is 0.0843 e. The average molecular weight is 138 g/mol. The van der Waals surface area contributed by atoms with E-state index in [0.717, 1.165) is 0 Å². The number of hydrogen-bond donors (Lipinski definition) is 0. The maximum Gasteiger partial charge on any atom is -0.0342 e. The predicted molar refractivity (Wildman–Crippen MR) is 48.1 cm³/mol. The van der Waals surface area contributed by atoms with Gasteiger partial charge in [0.1, 0.15) is 0 Å². The molecule has 0 atom stereocenters. The van der Waals surface area contributed by atoms with Crippen molar-refractivity contribution in [2.24, 2.45) is 0 Å². The van der Waals surface area contributed by atoms with Crippen LogP contribution in [-0.2, 0) is 0 Å². The van der Waals surface area contributed by atoms with Crippen molar-refractivity contribution >= 4 is 0 Å². The molecule has 0 aromatic rings. The summed E-state index contributed by atoms with van der Waals surface area (Å²) < 4.78 is 0. The van der Waals surface area contributed by atoms with Crippen LogP contribution in [0, 0.1) is 0 Å². The normalized spacial score (nSPS) is 16.5. The van der Waals surface area contributed by atoms with Crippen molar-refractivity contribution in [3.8, 4) is 0 Å². The van der Waals surface area contributed by atoms with Gasteiger partial charge in [-0.05, 0) is 26.2 Å². The van der Waals surface area contributed by atoms with Crippen molar-refractivity contribution in [1.29, 1.82) is 0 Å². The molecular weight excluding hydrogens is 120 g/mol. The van der Waals surface area contributed by atoms with E-state index < -0.39 is 0 Å². The molecule has 0 amide bonds. The summed E-state index contributed by atoms with van der Waals surface area (Å²) in [7, 11) is 0. The summed E-state index contributed by atoms with van der Waals surface area (Å²) in [6, 6.07) is 0. The first-order valence-corrected chi connectivity index (χ1v) is 4.23. The molecule has 1 rings (SSSR count). The third-order valence-corrected chi connectivity index (χ3v) is 1.42. The zero-order valence-electron chi connectivity index (χ0n) is 7.35. The van der Waals surface area contributed by atoms with E-state index in [1.807, 2.05) is 13.8 Å². The molecule has 0 nitrogen and oxygen atoms in total. The summed E-state index contributed by atoms with van der Waals surface area (Å²) in [6.07, 6.45) is 10.6. The standard InChI is InChI=1S/C8H12.C2H6/c1-8-6-4-2-3-5-7-8;1-2/h4,6-7H,2-3,5H2,1H3;1-2H3. The van der Waals surface area contributed by atoms with Gasteiger partial charge in [0.2, 0.25) is 0 Å². The highest BCUT2D eigenvalue weighted by Crippen LogP contribution is 2.08. The first-order valence-electron chi connectivity index (χ1n) is 4.23. The molecule has 0 aromatic heterocycles. The van der Waals surface area contributed by atoms with Crippen LogP contribution in [-0.4, -0.2) is 0 Å². The average Bonchev–Trinajstić information content (AvgIpc) is 2.21. The Morgan fingerprint density at radius 3 is 2.60 bits per heavy atom. The lowest BCUT2D eigenvalue weighted by molar-refractivity contribution is 0.874. The Hall–Kier alpha value is -0.520. The van der Waals surface area contributed by atoms with E-state index in [-0.39, 0.29) is 0 Å². The minimum Gasteiger partial charge on any atom is -0.0843 e. The molecule has 0 aliphatic heterocycles. The molecule has 0 fully saturated rings. The first kappa shape index (κ1) is 9.48. The highest BCUT2D eigenvalue weighted by molar-refractivity contribution is 5.17. The number of allylic oxidation sites excluding steroid dienone is 4. The Morgan fingerprint density at radius 1 is 1.20 bits per heavy atom. The highest BCUT2D eigenvalue weighted by atomic mass is 13.9.